The number of carbonyl (C=O) groups is 2. The van der Waals surface area contributed by atoms with Gasteiger partial charge in [-0.1, -0.05) is 29.8 Å². The monoisotopic (exact) mass is 553 g/mol. The van der Waals surface area contributed by atoms with E-state index in [2.05, 4.69) is 0 Å². The van der Waals surface area contributed by atoms with Gasteiger partial charge in [0, 0.05) is 18.7 Å². The third kappa shape index (κ3) is 4.81. The minimum absolute atomic E-state index is 0.0388. The van der Waals surface area contributed by atoms with Crippen LogP contribution in [-0.2, 0) is 16.9 Å². The summed E-state index contributed by atoms with van der Waals surface area (Å²) in [6, 6.07) is 14.8. The summed E-state index contributed by atoms with van der Waals surface area (Å²) in [7, 11) is 7.33. The summed E-state index contributed by atoms with van der Waals surface area (Å²) in [6.07, 6.45) is 1.23. The number of ketones is 1. The topological polar surface area (TPSA) is 104 Å². The maximum absolute atomic E-state index is 14.6. The molecule has 10 heteroatoms. The SMILES string of the molecule is COc1cccc(CN2C(=O)C(O)=CC2(C(=O)c2cc(Cl)c(OC)cc2OC)c2ccc(OC)c(OC)c2)c1. The van der Waals surface area contributed by atoms with Crippen molar-refractivity contribution in [2.45, 2.75) is 12.1 Å². The summed E-state index contributed by atoms with van der Waals surface area (Å²) in [5, 5.41) is 11.0. The fourth-order valence-electron chi connectivity index (χ4n) is 4.66. The molecule has 0 saturated heterocycles. The first kappa shape index (κ1) is 27.7. The molecule has 0 bridgehead atoms. The smallest absolute Gasteiger partial charge is 0.290 e. The van der Waals surface area contributed by atoms with Gasteiger partial charge in [0.1, 0.15) is 17.2 Å². The fraction of sp³-hybridized carbons (Fsp3) is 0.241. The van der Waals surface area contributed by atoms with E-state index in [1.54, 1.807) is 42.5 Å². The number of ether oxygens (including phenoxy) is 5. The largest absolute Gasteiger partial charge is 0.503 e. The van der Waals surface area contributed by atoms with Crippen LogP contribution in [0.3, 0.4) is 0 Å². The molecule has 1 aliphatic heterocycles. The summed E-state index contributed by atoms with van der Waals surface area (Å²) < 4.78 is 27.0. The van der Waals surface area contributed by atoms with Crippen LogP contribution in [0.4, 0.5) is 0 Å². The molecule has 1 unspecified atom stereocenters. The molecule has 204 valence electrons. The zero-order valence-electron chi connectivity index (χ0n) is 22.1. The lowest BCUT2D eigenvalue weighted by atomic mass is 9.81. The van der Waals surface area contributed by atoms with Crippen LogP contribution in [-0.4, -0.2) is 57.2 Å². The molecule has 1 aliphatic rings. The van der Waals surface area contributed by atoms with Gasteiger partial charge in [0.15, 0.2) is 22.8 Å². The Bertz CT molecular complexity index is 1450. The third-order valence-electron chi connectivity index (χ3n) is 6.60. The second kappa shape index (κ2) is 11.2. The molecule has 3 aromatic carbocycles. The number of Topliss-reactive ketones (excluding diaryl/α,β-unsaturated/α-hetero) is 1. The Kier molecular flexibility index (Phi) is 7.92. The van der Waals surface area contributed by atoms with Gasteiger partial charge in [0.05, 0.1) is 46.1 Å². The molecule has 1 N–H and O–H groups in total. The summed E-state index contributed by atoms with van der Waals surface area (Å²) >= 11 is 6.42. The van der Waals surface area contributed by atoms with Crippen molar-refractivity contribution in [3.05, 3.63) is 88.1 Å². The van der Waals surface area contributed by atoms with Crippen LogP contribution in [0.1, 0.15) is 21.5 Å². The van der Waals surface area contributed by atoms with Gasteiger partial charge >= 0.3 is 0 Å². The molecule has 4 rings (SSSR count). The predicted molar refractivity (Wildman–Crippen MR) is 144 cm³/mol. The van der Waals surface area contributed by atoms with Crippen LogP contribution in [0, 0.1) is 0 Å². The van der Waals surface area contributed by atoms with Crippen LogP contribution in [0.15, 0.2) is 66.4 Å². The van der Waals surface area contributed by atoms with Gasteiger partial charge in [0.2, 0.25) is 5.78 Å². The highest BCUT2D eigenvalue weighted by Gasteiger charge is 2.53. The standard InChI is InChI=1S/C29H28ClNO8/c1-35-19-8-6-7-17(11-19)16-31-28(34)22(32)15-29(31,18-9-10-23(36-2)26(12-18)39-5)27(33)20-13-21(30)25(38-4)14-24(20)37-3/h6-15,32H,16H2,1-5H3. The third-order valence-corrected chi connectivity index (χ3v) is 6.89. The van der Waals surface area contributed by atoms with Crippen molar-refractivity contribution in [1.29, 1.82) is 0 Å². The zero-order chi connectivity index (χ0) is 28.3. The minimum Gasteiger partial charge on any atom is -0.503 e. The number of hydrogen-bond donors (Lipinski definition) is 1. The number of benzene rings is 3. The lowest BCUT2D eigenvalue weighted by Gasteiger charge is -2.37. The lowest BCUT2D eigenvalue weighted by Crippen LogP contribution is -2.49. The molecule has 0 aliphatic carbocycles. The predicted octanol–water partition coefficient (Wildman–Crippen LogP) is 4.95. The second-order valence-electron chi connectivity index (χ2n) is 8.62. The number of aliphatic hydroxyl groups is 1. The van der Waals surface area contributed by atoms with E-state index < -0.39 is 23.0 Å². The molecule has 0 saturated carbocycles. The van der Waals surface area contributed by atoms with E-state index in [1.165, 1.54) is 58.7 Å². The number of rotatable bonds is 10. The average Bonchev–Trinajstić information content (AvgIpc) is 3.21. The maximum Gasteiger partial charge on any atom is 0.290 e. The molecule has 9 nitrogen and oxygen atoms in total. The number of halogens is 1. The normalized spacial score (nSPS) is 16.5. The summed E-state index contributed by atoms with van der Waals surface area (Å²) in [6.45, 7) is -0.0388. The van der Waals surface area contributed by atoms with Crippen molar-refractivity contribution in [1.82, 2.24) is 4.90 Å². The Morgan fingerprint density at radius 1 is 0.846 bits per heavy atom. The molecular weight excluding hydrogens is 526 g/mol. The molecule has 0 aromatic heterocycles. The van der Waals surface area contributed by atoms with E-state index in [0.29, 0.717) is 34.1 Å². The van der Waals surface area contributed by atoms with Gasteiger partial charge in [-0.05, 0) is 41.5 Å². The Morgan fingerprint density at radius 3 is 2.18 bits per heavy atom. The van der Waals surface area contributed by atoms with Crippen molar-refractivity contribution < 1.29 is 38.4 Å². The van der Waals surface area contributed by atoms with Crippen LogP contribution in [0.25, 0.3) is 0 Å². The summed E-state index contributed by atoms with van der Waals surface area (Å²) in [5.74, 6) is -0.0891. The molecule has 0 spiro atoms. The Labute approximate surface area is 231 Å². The highest BCUT2D eigenvalue weighted by molar-refractivity contribution is 6.32. The molecule has 0 fully saturated rings. The van der Waals surface area contributed by atoms with Crippen molar-refractivity contribution in [3.63, 3.8) is 0 Å². The van der Waals surface area contributed by atoms with Crippen molar-refractivity contribution in [3.8, 4) is 28.7 Å². The first-order valence-corrected chi connectivity index (χ1v) is 12.2. The number of aliphatic hydroxyl groups excluding tert-OH is 1. The number of carbonyl (C=O) groups excluding carboxylic acids is 2. The van der Waals surface area contributed by atoms with Gasteiger partial charge in [-0.25, -0.2) is 0 Å². The minimum atomic E-state index is -1.81. The van der Waals surface area contributed by atoms with E-state index in [4.69, 9.17) is 35.3 Å². The molecule has 1 heterocycles. The number of nitrogens with zero attached hydrogens (tertiary/aromatic N) is 1. The van der Waals surface area contributed by atoms with Crippen molar-refractivity contribution >= 4 is 23.3 Å². The summed E-state index contributed by atoms with van der Waals surface area (Å²) in [5.41, 5.74) is -0.718. The number of methoxy groups -OCH3 is 5. The maximum atomic E-state index is 14.6. The van der Waals surface area contributed by atoms with E-state index in [9.17, 15) is 14.7 Å². The first-order chi connectivity index (χ1) is 18.7. The van der Waals surface area contributed by atoms with Gasteiger partial charge in [-0.15, -0.1) is 0 Å². The highest BCUT2D eigenvalue weighted by atomic mass is 35.5. The van der Waals surface area contributed by atoms with E-state index in [-0.39, 0.29) is 22.9 Å². The van der Waals surface area contributed by atoms with E-state index >= 15 is 0 Å². The first-order valence-electron chi connectivity index (χ1n) is 11.8. The molecule has 1 atom stereocenters. The van der Waals surface area contributed by atoms with Gasteiger partial charge in [-0.3, -0.25) is 9.59 Å². The Morgan fingerprint density at radius 2 is 1.54 bits per heavy atom. The summed E-state index contributed by atoms with van der Waals surface area (Å²) in [4.78, 5) is 29.4. The molecule has 39 heavy (non-hydrogen) atoms. The quantitative estimate of drug-likeness (QED) is 0.352. The molecule has 0 radical (unpaired) electrons. The number of amides is 1. The van der Waals surface area contributed by atoms with Crippen LogP contribution < -0.4 is 23.7 Å². The second-order valence-corrected chi connectivity index (χ2v) is 9.03. The van der Waals surface area contributed by atoms with Gasteiger partial charge in [0.25, 0.3) is 5.91 Å². The Balaban J connectivity index is 1.99. The fourth-order valence-corrected chi connectivity index (χ4v) is 4.90. The van der Waals surface area contributed by atoms with E-state index in [1.807, 2.05) is 0 Å². The average molecular weight is 554 g/mol. The molecule has 3 aromatic rings. The Hall–Kier alpha value is -4.37. The molecule has 1 amide bonds. The van der Waals surface area contributed by atoms with Crippen LogP contribution in [0.5, 0.6) is 28.7 Å². The van der Waals surface area contributed by atoms with Crippen LogP contribution >= 0.6 is 11.6 Å². The van der Waals surface area contributed by atoms with Gasteiger partial charge < -0.3 is 33.7 Å². The van der Waals surface area contributed by atoms with Crippen molar-refractivity contribution in [2.24, 2.45) is 0 Å². The van der Waals surface area contributed by atoms with Gasteiger partial charge in [-0.2, -0.15) is 0 Å². The number of hydrogen-bond acceptors (Lipinski definition) is 8. The highest BCUT2D eigenvalue weighted by Crippen LogP contribution is 2.46. The lowest BCUT2D eigenvalue weighted by molar-refractivity contribution is -0.131. The zero-order valence-corrected chi connectivity index (χ0v) is 22.9. The van der Waals surface area contributed by atoms with Crippen molar-refractivity contribution in [2.75, 3.05) is 35.5 Å². The van der Waals surface area contributed by atoms with Crippen LogP contribution in [0.2, 0.25) is 5.02 Å². The molecular formula is C29H28ClNO8. The van der Waals surface area contributed by atoms with E-state index in [0.717, 1.165) is 0 Å².